The number of hydrogen-bond donors (Lipinski definition) is 1. The summed E-state index contributed by atoms with van der Waals surface area (Å²) in [7, 11) is 0. The lowest BCUT2D eigenvalue weighted by atomic mass is 9.92. The van der Waals surface area contributed by atoms with E-state index in [4.69, 9.17) is 5.41 Å². The maximum Gasteiger partial charge on any atom is 0.0447 e. The quantitative estimate of drug-likeness (QED) is 0.590. The van der Waals surface area contributed by atoms with E-state index in [0.717, 1.165) is 5.70 Å². The molecular weight excluding hydrogens is 136 g/mol. The lowest BCUT2D eigenvalue weighted by molar-refractivity contribution is 0.498. The van der Waals surface area contributed by atoms with Crippen molar-refractivity contribution in [1.82, 2.24) is 0 Å². The molecule has 0 bridgehead atoms. The highest BCUT2D eigenvalue weighted by Gasteiger charge is 2.14. The van der Waals surface area contributed by atoms with Crippen LogP contribution in [0.1, 0.15) is 27.7 Å². The van der Waals surface area contributed by atoms with Crippen LogP contribution < -0.4 is 0 Å². The molecule has 0 aromatic rings. The fourth-order valence-corrected chi connectivity index (χ4v) is 0.819. The molecule has 0 unspecified atom stereocenters. The Bertz CT molecular complexity index is 182. The van der Waals surface area contributed by atoms with Crippen molar-refractivity contribution in [3.8, 4) is 0 Å². The maximum atomic E-state index is 6.77. The largest absolute Gasteiger partial charge is 0.307 e. The number of hydrogen-bond acceptors (Lipinski definition) is 2. The molecular formula is C9H16N2. The second-order valence-corrected chi connectivity index (χ2v) is 3.37. The summed E-state index contributed by atoms with van der Waals surface area (Å²) in [5.41, 5.74) is 1.09. The van der Waals surface area contributed by atoms with Crippen molar-refractivity contribution in [3.05, 3.63) is 11.8 Å². The zero-order valence-electron chi connectivity index (χ0n) is 7.68. The molecule has 0 fully saturated rings. The second kappa shape index (κ2) is 4.06. The summed E-state index contributed by atoms with van der Waals surface area (Å²) in [5, 5.41) is 6.77. The van der Waals surface area contributed by atoms with E-state index in [9.17, 15) is 0 Å². The molecule has 0 atom stereocenters. The summed E-state index contributed by atoms with van der Waals surface area (Å²) < 4.78 is 0. The van der Waals surface area contributed by atoms with Crippen LogP contribution in [0.15, 0.2) is 16.8 Å². The first-order valence-electron chi connectivity index (χ1n) is 3.72. The summed E-state index contributed by atoms with van der Waals surface area (Å²) in [6, 6.07) is 0. The van der Waals surface area contributed by atoms with Crippen LogP contribution in [0, 0.1) is 10.8 Å². The Kier molecular flexibility index (Phi) is 3.72. The Morgan fingerprint density at radius 3 is 2.18 bits per heavy atom. The standard InChI is InChI=1S/C9H16N2/c1-5-8(9(2,3)4)11-7-6-10/h5-7,10H,1-4H3/b8-5+,10-6?,11-7-. The van der Waals surface area contributed by atoms with Gasteiger partial charge in [0.1, 0.15) is 0 Å². The van der Waals surface area contributed by atoms with Crippen molar-refractivity contribution in [2.75, 3.05) is 0 Å². The fourth-order valence-electron chi connectivity index (χ4n) is 0.819. The van der Waals surface area contributed by atoms with E-state index in [1.165, 1.54) is 12.4 Å². The van der Waals surface area contributed by atoms with Gasteiger partial charge < -0.3 is 5.41 Å². The molecule has 0 amide bonds. The van der Waals surface area contributed by atoms with Gasteiger partial charge in [-0.15, -0.1) is 0 Å². The van der Waals surface area contributed by atoms with Crippen molar-refractivity contribution >= 4 is 12.4 Å². The highest BCUT2D eigenvalue weighted by Crippen LogP contribution is 2.25. The van der Waals surface area contributed by atoms with Gasteiger partial charge >= 0.3 is 0 Å². The summed E-state index contributed by atoms with van der Waals surface area (Å²) >= 11 is 0. The van der Waals surface area contributed by atoms with Crippen molar-refractivity contribution in [3.63, 3.8) is 0 Å². The van der Waals surface area contributed by atoms with Gasteiger partial charge in [0, 0.05) is 23.5 Å². The minimum atomic E-state index is 0.0776. The molecule has 0 aliphatic rings. The molecule has 2 heteroatoms. The predicted octanol–water partition coefficient (Wildman–Crippen LogP) is 2.66. The molecule has 0 spiro atoms. The molecule has 0 aliphatic carbocycles. The minimum absolute atomic E-state index is 0.0776. The third-order valence-electron chi connectivity index (χ3n) is 1.33. The summed E-state index contributed by atoms with van der Waals surface area (Å²) in [4.78, 5) is 4.12. The second-order valence-electron chi connectivity index (χ2n) is 3.37. The van der Waals surface area contributed by atoms with Crippen LogP contribution in [0.25, 0.3) is 0 Å². The molecule has 0 saturated carbocycles. The molecule has 0 saturated heterocycles. The fraction of sp³-hybridized carbons (Fsp3) is 0.556. The molecule has 0 heterocycles. The first-order valence-corrected chi connectivity index (χ1v) is 3.72. The van der Waals surface area contributed by atoms with Crippen LogP contribution in [-0.2, 0) is 0 Å². The molecule has 11 heavy (non-hydrogen) atoms. The number of allylic oxidation sites excluding steroid dienone is 2. The first-order chi connectivity index (χ1) is 5.02. The van der Waals surface area contributed by atoms with Crippen LogP contribution in [0.4, 0.5) is 0 Å². The summed E-state index contributed by atoms with van der Waals surface area (Å²) in [5.74, 6) is 0. The Morgan fingerprint density at radius 1 is 1.36 bits per heavy atom. The van der Waals surface area contributed by atoms with Crippen LogP contribution in [-0.4, -0.2) is 12.4 Å². The lowest BCUT2D eigenvalue weighted by Gasteiger charge is -2.18. The Morgan fingerprint density at radius 2 is 1.91 bits per heavy atom. The van der Waals surface area contributed by atoms with Crippen molar-refractivity contribution in [2.24, 2.45) is 10.4 Å². The van der Waals surface area contributed by atoms with Crippen LogP contribution >= 0.6 is 0 Å². The Hall–Kier alpha value is -0.920. The first kappa shape index (κ1) is 10.1. The van der Waals surface area contributed by atoms with Gasteiger partial charge in [-0.25, -0.2) is 0 Å². The zero-order valence-corrected chi connectivity index (χ0v) is 7.68. The highest BCUT2D eigenvalue weighted by molar-refractivity contribution is 6.14. The zero-order chi connectivity index (χ0) is 8.91. The van der Waals surface area contributed by atoms with Gasteiger partial charge in [0.2, 0.25) is 0 Å². The van der Waals surface area contributed by atoms with Gasteiger partial charge in [-0.2, -0.15) is 0 Å². The maximum absolute atomic E-state index is 6.77. The minimum Gasteiger partial charge on any atom is -0.307 e. The Balaban J connectivity index is 4.45. The van der Waals surface area contributed by atoms with Crippen molar-refractivity contribution < 1.29 is 0 Å². The normalized spacial score (nSPS) is 14.0. The summed E-state index contributed by atoms with van der Waals surface area (Å²) in [6.07, 6.45) is 4.66. The SMILES string of the molecule is C/C=C(/N=C\C=N)C(C)(C)C. The number of nitrogens with one attached hydrogen (secondary N) is 1. The molecule has 1 N–H and O–H groups in total. The monoisotopic (exact) mass is 152 g/mol. The average molecular weight is 152 g/mol. The van der Waals surface area contributed by atoms with E-state index >= 15 is 0 Å². The lowest BCUT2D eigenvalue weighted by Crippen LogP contribution is -2.07. The Labute approximate surface area is 68.5 Å². The van der Waals surface area contributed by atoms with Gasteiger partial charge in [0.05, 0.1) is 0 Å². The van der Waals surface area contributed by atoms with Crippen LogP contribution in [0.5, 0.6) is 0 Å². The van der Waals surface area contributed by atoms with Gasteiger partial charge in [0.15, 0.2) is 0 Å². The van der Waals surface area contributed by atoms with Crippen molar-refractivity contribution in [1.29, 1.82) is 5.41 Å². The van der Waals surface area contributed by atoms with Crippen LogP contribution in [0.2, 0.25) is 0 Å². The summed E-state index contributed by atoms with van der Waals surface area (Å²) in [6.45, 7) is 8.26. The van der Waals surface area contributed by atoms with E-state index in [1.54, 1.807) is 0 Å². The molecule has 2 nitrogen and oxygen atoms in total. The predicted molar refractivity (Wildman–Crippen MR) is 50.5 cm³/mol. The molecule has 0 rings (SSSR count). The molecule has 0 radical (unpaired) electrons. The molecule has 0 aliphatic heterocycles. The highest BCUT2D eigenvalue weighted by atomic mass is 14.8. The topological polar surface area (TPSA) is 36.2 Å². The molecule has 0 aromatic carbocycles. The van der Waals surface area contributed by atoms with Gasteiger partial charge in [-0.05, 0) is 6.92 Å². The molecule has 62 valence electrons. The third kappa shape index (κ3) is 3.71. The van der Waals surface area contributed by atoms with Crippen molar-refractivity contribution in [2.45, 2.75) is 27.7 Å². The smallest absolute Gasteiger partial charge is 0.0447 e. The van der Waals surface area contributed by atoms with E-state index in [0.29, 0.717) is 0 Å². The molecule has 0 aromatic heterocycles. The number of aliphatic imine (C=N–C) groups is 1. The third-order valence-corrected chi connectivity index (χ3v) is 1.33. The van der Waals surface area contributed by atoms with E-state index in [1.807, 2.05) is 13.0 Å². The van der Waals surface area contributed by atoms with E-state index in [-0.39, 0.29) is 5.41 Å². The van der Waals surface area contributed by atoms with Crippen LogP contribution in [0.3, 0.4) is 0 Å². The number of rotatable bonds is 2. The average Bonchev–Trinajstić information content (AvgIpc) is 1.87. The number of nitrogens with zero attached hydrogens (tertiary/aromatic N) is 1. The van der Waals surface area contributed by atoms with E-state index in [2.05, 4.69) is 25.8 Å². The van der Waals surface area contributed by atoms with Gasteiger partial charge in [0.25, 0.3) is 0 Å². The van der Waals surface area contributed by atoms with E-state index < -0.39 is 0 Å². The van der Waals surface area contributed by atoms with Gasteiger partial charge in [-0.3, -0.25) is 4.99 Å². The van der Waals surface area contributed by atoms with Gasteiger partial charge in [-0.1, -0.05) is 26.8 Å².